The van der Waals surface area contributed by atoms with Crippen molar-refractivity contribution in [3.8, 4) is 44.8 Å². The number of carbonyl (C=O) groups excluding carboxylic acids is 2. The third-order valence-electron chi connectivity index (χ3n) is 13.9. The molecular weight excluding hydrogens is 893 g/mol. The van der Waals surface area contributed by atoms with E-state index in [2.05, 4.69) is 121 Å². The lowest BCUT2D eigenvalue weighted by molar-refractivity contribution is 0.0817. The molecule has 356 valence electrons. The first-order chi connectivity index (χ1) is 35.0. The van der Waals surface area contributed by atoms with E-state index in [4.69, 9.17) is 18.7 Å². The van der Waals surface area contributed by atoms with Crippen molar-refractivity contribution in [2.24, 2.45) is 0 Å². The van der Waals surface area contributed by atoms with E-state index in [9.17, 15) is 9.59 Å². The van der Waals surface area contributed by atoms with Crippen LogP contribution >= 0.6 is 11.7 Å². The van der Waals surface area contributed by atoms with Gasteiger partial charge < -0.3 is 9.80 Å². The Balaban J connectivity index is 0.000000309. The van der Waals surface area contributed by atoms with E-state index < -0.39 is 11.6 Å². The van der Waals surface area contributed by atoms with E-state index in [0.29, 0.717) is 11.1 Å². The zero-order valence-electron chi connectivity index (χ0n) is 40.8. The van der Waals surface area contributed by atoms with Crippen molar-refractivity contribution in [2.45, 2.75) is 78.1 Å². The topological polar surface area (TPSA) is 92.2 Å². The van der Waals surface area contributed by atoms with Gasteiger partial charge in [-0.3, -0.25) is 9.59 Å². The molecule has 2 aliphatic rings. The van der Waals surface area contributed by atoms with Crippen molar-refractivity contribution in [2.75, 3.05) is 36.0 Å². The minimum absolute atomic E-state index is 0.427. The monoisotopic (exact) mass is 952 g/mol. The van der Waals surface area contributed by atoms with Crippen LogP contribution in [0.2, 0.25) is 0 Å². The molecule has 0 spiro atoms. The van der Waals surface area contributed by atoms with Gasteiger partial charge in [0.1, 0.15) is 22.1 Å². The van der Waals surface area contributed by atoms with Crippen LogP contribution < -0.4 is 9.80 Å². The number of aryl methyl sites for hydroxylation is 2. The molecular formula is C62H60N6O2S. The number of hydrogen-bond acceptors (Lipinski definition) is 9. The highest BCUT2D eigenvalue weighted by Gasteiger charge is 2.28. The number of ketones is 2. The Bertz CT molecular complexity index is 3070. The summed E-state index contributed by atoms with van der Waals surface area (Å²) in [5.74, 6) is -0.932. The summed E-state index contributed by atoms with van der Waals surface area (Å²) >= 11 is 1.29. The standard InChI is InChI=1S/C48H50N6S.C14H10O2/c1-3-5-13-27-53-29-15-21-35-31-37(23-25-39(35)53)41-45-46(50-44(34-19-11-8-12-20-34)43(49-45)33-17-9-7-10-18-33)42(48-47(41)51-55-52-48)38-24-26-40-36(32-38)22-16-30-54(40)28-14-6-4-2;15-13(11-7-3-1-4-8-11)14(16)12-9-5-2-6-10-12/h7-12,17-20,23-26,31-32H,3-6,13-16,21-22,27-30H2,1-2H3;1-10H. The molecule has 7 aromatic carbocycles. The van der Waals surface area contributed by atoms with Crippen molar-refractivity contribution in [1.29, 1.82) is 0 Å². The van der Waals surface area contributed by atoms with Gasteiger partial charge in [0.15, 0.2) is 0 Å². The van der Waals surface area contributed by atoms with Crippen LogP contribution in [0, 0.1) is 0 Å². The van der Waals surface area contributed by atoms with Gasteiger partial charge in [-0.05, 0) is 85.0 Å². The van der Waals surface area contributed by atoms with Gasteiger partial charge in [0.2, 0.25) is 11.6 Å². The van der Waals surface area contributed by atoms with E-state index in [0.717, 1.165) is 106 Å². The summed E-state index contributed by atoms with van der Waals surface area (Å²) in [6.45, 7) is 9.04. The molecule has 0 amide bonds. The van der Waals surface area contributed by atoms with Gasteiger partial charge in [0.25, 0.3) is 0 Å². The zero-order valence-corrected chi connectivity index (χ0v) is 41.6. The van der Waals surface area contributed by atoms with Crippen LogP contribution in [0.3, 0.4) is 0 Å². The van der Waals surface area contributed by atoms with Crippen molar-refractivity contribution in [1.82, 2.24) is 18.7 Å². The van der Waals surface area contributed by atoms with Gasteiger partial charge in [-0.2, -0.15) is 8.75 Å². The maximum atomic E-state index is 11.8. The summed E-state index contributed by atoms with van der Waals surface area (Å²) in [5, 5.41) is 0. The molecule has 0 fully saturated rings. The number of benzene rings is 7. The minimum Gasteiger partial charge on any atom is -0.371 e. The smallest absolute Gasteiger partial charge is 0.233 e. The maximum absolute atomic E-state index is 11.8. The number of aromatic nitrogens is 4. The molecule has 9 aromatic rings. The Morgan fingerprint density at radius 1 is 0.465 bits per heavy atom. The second-order valence-electron chi connectivity index (χ2n) is 18.7. The Morgan fingerprint density at radius 2 is 0.859 bits per heavy atom. The number of hydrogen-bond donors (Lipinski definition) is 0. The molecule has 2 aliphatic heterocycles. The molecule has 71 heavy (non-hydrogen) atoms. The third-order valence-corrected chi connectivity index (χ3v) is 14.5. The number of nitrogens with zero attached hydrogens (tertiary/aromatic N) is 6. The van der Waals surface area contributed by atoms with E-state index >= 15 is 0 Å². The van der Waals surface area contributed by atoms with Gasteiger partial charge in [-0.1, -0.05) is 173 Å². The van der Waals surface area contributed by atoms with Crippen LogP contribution in [-0.2, 0) is 12.8 Å². The lowest BCUT2D eigenvalue weighted by Crippen LogP contribution is -2.30. The molecule has 0 aliphatic carbocycles. The maximum Gasteiger partial charge on any atom is 0.233 e. The molecule has 11 rings (SSSR count). The summed E-state index contributed by atoms with van der Waals surface area (Å²) in [4.78, 5) is 40.2. The van der Waals surface area contributed by atoms with Gasteiger partial charge in [0, 0.05) is 70.9 Å². The lowest BCUT2D eigenvalue weighted by atomic mass is 9.90. The Morgan fingerprint density at radius 3 is 1.25 bits per heavy atom. The third kappa shape index (κ3) is 10.2. The number of carbonyl (C=O) groups is 2. The highest BCUT2D eigenvalue weighted by molar-refractivity contribution is 7.00. The fourth-order valence-electron chi connectivity index (χ4n) is 10.3. The van der Waals surface area contributed by atoms with E-state index in [1.807, 2.05) is 12.1 Å². The highest BCUT2D eigenvalue weighted by Crippen LogP contribution is 2.46. The van der Waals surface area contributed by atoms with Crippen molar-refractivity contribution in [3.05, 3.63) is 180 Å². The number of Topliss-reactive ketones (excluding diaryl/α,β-unsaturated/α-hetero) is 2. The average molecular weight is 953 g/mol. The quantitative estimate of drug-likeness (QED) is 0.0570. The van der Waals surface area contributed by atoms with E-state index in [1.54, 1.807) is 48.5 Å². The van der Waals surface area contributed by atoms with Crippen molar-refractivity contribution >= 4 is 56.7 Å². The number of anilines is 2. The van der Waals surface area contributed by atoms with Crippen molar-refractivity contribution < 1.29 is 9.59 Å². The molecule has 0 unspecified atom stereocenters. The molecule has 8 nitrogen and oxygen atoms in total. The molecule has 0 atom stereocenters. The molecule has 2 aromatic heterocycles. The number of fused-ring (bicyclic) bond motifs is 4. The molecule has 0 saturated heterocycles. The summed E-state index contributed by atoms with van der Waals surface area (Å²) in [5.41, 5.74) is 18.2. The molecule has 0 bridgehead atoms. The van der Waals surface area contributed by atoms with Crippen LogP contribution in [0.25, 0.3) is 66.8 Å². The fraction of sp³-hybridized carbons (Fsp3) is 0.258. The summed E-state index contributed by atoms with van der Waals surface area (Å²) in [6, 6.07) is 52.3. The number of unbranched alkanes of at least 4 members (excludes halogenated alkanes) is 4. The van der Waals surface area contributed by atoms with Gasteiger partial charge >= 0.3 is 0 Å². The second-order valence-corrected chi connectivity index (χ2v) is 19.3. The average Bonchev–Trinajstić information content (AvgIpc) is 3.92. The Kier molecular flexibility index (Phi) is 14.8. The molecule has 9 heteroatoms. The van der Waals surface area contributed by atoms with Gasteiger partial charge in [-0.15, -0.1) is 0 Å². The molecule has 0 saturated carbocycles. The van der Waals surface area contributed by atoms with Crippen LogP contribution in [0.1, 0.15) is 97.1 Å². The lowest BCUT2D eigenvalue weighted by Gasteiger charge is -2.32. The minimum atomic E-state index is -0.466. The SMILES string of the molecule is CCCCCN1CCCc2cc(-c3c4nsnc4c(-c4ccc5c(c4)CCCN5CCCCC)c4nc(-c5ccccc5)c(-c5ccccc5)nc34)ccc21.O=C(C(=O)c1ccccc1)c1ccccc1. The number of rotatable bonds is 15. The fourth-order valence-corrected chi connectivity index (χ4v) is 10.9. The van der Waals surface area contributed by atoms with Crippen LogP contribution in [0.15, 0.2) is 158 Å². The largest absolute Gasteiger partial charge is 0.371 e. The summed E-state index contributed by atoms with van der Waals surface area (Å²) in [7, 11) is 0. The molecule has 0 N–H and O–H groups in total. The predicted molar refractivity (Wildman–Crippen MR) is 294 cm³/mol. The highest BCUT2D eigenvalue weighted by atomic mass is 32.1. The van der Waals surface area contributed by atoms with E-state index in [-0.39, 0.29) is 0 Å². The normalized spacial score (nSPS) is 13.1. The first-order valence-electron chi connectivity index (χ1n) is 25.6. The van der Waals surface area contributed by atoms with Crippen molar-refractivity contribution in [3.63, 3.8) is 0 Å². The summed E-state index contributed by atoms with van der Waals surface area (Å²) < 4.78 is 10.2. The van der Waals surface area contributed by atoms with Gasteiger partial charge in [-0.25, -0.2) is 9.97 Å². The van der Waals surface area contributed by atoms with Crippen LogP contribution in [0.4, 0.5) is 11.4 Å². The Hall–Kier alpha value is -7.36. The van der Waals surface area contributed by atoms with Crippen LogP contribution in [-0.4, -0.2) is 56.5 Å². The molecule has 4 heterocycles. The second kappa shape index (κ2) is 22.2. The van der Waals surface area contributed by atoms with E-state index in [1.165, 1.54) is 85.6 Å². The molecule has 0 radical (unpaired) electrons. The first kappa shape index (κ1) is 47.3. The Labute approximate surface area is 421 Å². The van der Waals surface area contributed by atoms with Crippen LogP contribution in [0.5, 0.6) is 0 Å². The first-order valence-corrected chi connectivity index (χ1v) is 26.3. The van der Waals surface area contributed by atoms with Gasteiger partial charge in [0.05, 0.1) is 23.1 Å². The zero-order chi connectivity index (χ0) is 48.5. The summed E-state index contributed by atoms with van der Waals surface area (Å²) in [6.07, 6.45) is 12.0. The predicted octanol–water partition coefficient (Wildman–Crippen LogP) is 14.9.